The number of fused-ring (bicyclic) bond motifs is 1. The number of nitrogens with one attached hydrogen (secondary N) is 3. The number of urea groups is 1. The molecule has 5 amide bonds. The van der Waals surface area contributed by atoms with Gasteiger partial charge in [-0.2, -0.15) is 0 Å². The number of piperidine rings is 1. The zero-order valence-corrected chi connectivity index (χ0v) is 28.7. The summed E-state index contributed by atoms with van der Waals surface area (Å²) in [5, 5.41) is 7.86. The molecule has 2 saturated carbocycles. The van der Waals surface area contributed by atoms with Gasteiger partial charge in [-0.25, -0.2) is 9.59 Å². The molecule has 12 nitrogen and oxygen atoms in total. The summed E-state index contributed by atoms with van der Waals surface area (Å²) in [6, 6.07) is 3.56. The minimum absolute atomic E-state index is 0.0274. The topological polar surface area (TPSA) is 177 Å². The molecule has 0 spiro atoms. The molecule has 47 heavy (non-hydrogen) atoms. The average molecular weight is 693 g/mol. The Balaban J connectivity index is 1.49. The summed E-state index contributed by atoms with van der Waals surface area (Å²) >= 11 is 13.0. The lowest BCUT2D eigenvalue weighted by molar-refractivity contribution is -0.149. The summed E-state index contributed by atoms with van der Waals surface area (Å²) in [6.07, 6.45) is 1.38. The van der Waals surface area contributed by atoms with Gasteiger partial charge < -0.3 is 31.3 Å². The molecule has 1 unspecified atom stereocenters. The van der Waals surface area contributed by atoms with E-state index in [9.17, 15) is 28.8 Å². The fourth-order valence-corrected chi connectivity index (χ4v) is 6.84. The number of halogens is 2. The highest BCUT2D eigenvalue weighted by molar-refractivity contribution is 6.51. The number of alkyl halides is 2. The van der Waals surface area contributed by atoms with Crippen molar-refractivity contribution in [1.29, 1.82) is 0 Å². The van der Waals surface area contributed by atoms with Gasteiger partial charge in [-0.1, -0.05) is 70.5 Å². The SMILES string of the molecule is C=C(C)[C@H](NC(=O)N[C@H](C(=O)N1C[C@H]2[C@@H]([C@H]1C(=O)NC(CC1CC1)C(=O)C(N)=O)C2(Cl)Cl)C(C)(C)C)C(=O)O[C@@H](C)c1ccccc1. The van der Waals surface area contributed by atoms with Gasteiger partial charge in [0.15, 0.2) is 0 Å². The fraction of sp³-hybridized carbons (Fsp3) is 0.576. The number of likely N-dealkylation sites (tertiary alicyclic amines) is 1. The predicted molar refractivity (Wildman–Crippen MR) is 175 cm³/mol. The van der Waals surface area contributed by atoms with Crippen molar-refractivity contribution in [3.63, 3.8) is 0 Å². The van der Waals surface area contributed by atoms with Gasteiger partial charge in [0, 0.05) is 18.4 Å². The van der Waals surface area contributed by atoms with Crippen molar-refractivity contribution >= 4 is 58.7 Å². The molecule has 0 aromatic heterocycles. The van der Waals surface area contributed by atoms with E-state index in [1.807, 2.05) is 30.3 Å². The van der Waals surface area contributed by atoms with Gasteiger partial charge in [0.05, 0.1) is 6.04 Å². The van der Waals surface area contributed by atoms with Gasteiger partial charge >= 0.3 is 12.0 Å². The van der Waals surface area contributed by atoms with Gasteiger partial charge in [-0.3, -0.25) is 19.2 Å². The summed E-state index contributed by atoms with van der Waals surface area (Å²) in [4.78, 5) is 79.8. The zero-order chi connectivity index (χ0) is 35.0. The smallest absolute Gasteiger partial charge is 0.333 e. The van der Waals surface area contributed by atoms with E-state index in [1.165, 1.54) is 4.90 Å². The van der Waals surface area contributed by atoms with E-state index in [-0.39, 0.29) is 18.9 Å². The molecule has 5 N–H and O–H groups in total. The molecule has 14 heteroatoms. The van der Waals surface area contributed by atoms with Crippen molar-refractivity contribution in [3.05, 3.63) is 48.0 Å². The van der Waals surface area contributed by atoms with Gasteiger partial charge in [0.25, 0.3) is 5.91 Å². The molecule has 1 saturated heterocycles. The van der Waals surface area contributed by atoms with Crippen LogP contribution in [0.25, 0.3) is 0 Å². The lowest BCUT2D eigenvalue weighted by Gasteiger charge is -2.37. The lowest BCUT2D eigenvalue weighted by Crippen LogP contribution is -2.62. The highest BCUT2D eigenvalue weighted by atomic mass is 35.5. The Bertz CT molecular complexity index is 1440. The second kappa shape index (κ2) is 13.8. The van der Waals surface area contributed by atoms with Crippen LogP contribution in [-0.4, -0.2) is 75.5 Å². The number of amides is 5. The summed E-state index contributed by atoms with van der Waals surface area (Å²) in [7, 11) is 0. The van der Waals surface area contributed by atoms with Crippen molar-refractivity contribution < 1.29 is 33.5 Å². The average Bonchev–Trinajstić information content (AvgIpc) is 3.84. The number of ketones is 1. The number of nitrogens with zero attached hydrogens (tertiary/aromatic N) is 1. The second-order valence-electron chi connectivity index (χ2n) is 13.9. The molecule has 256 valence electrons. The van der Waals surface area contributed by atoms with Crippen LogP contribution in [-0.2, 0) is 28.7 Å². The number of ether oxygens (including phenoxy) is 1. The van der Waals surface area contributed by atoms with Gasteiger partial charge in [-0.15, -0.1) is 23.2 Å². The molecule has 4 rings (SSSR count). The Labute approximate surface area is 284 Å². The van der Waals surface area contributed by atoms with Crippen LogP contribution in [0.4, 0.5) is 4.79 Å². The van der Waals surface area contributed by atoms with Crippen molar-refractivity contribution in [1.82, 2.24) is 20.9 Å². The third-order valence-electron chi connectivity index (χ3n) is 8.98. The van der Waals surface area contributed by atoms with Gasteiger partial charge in [0.2, 0.25) is 17.6 Å². The molecule has 0 radical (unpaired) electrons. The summed E-state index contributed by atoms with van der Waals surface area (Å²) < 4.78 is 4.32. The third-order valence-corrected chi connectivity index (χ3v) is 10.0. The Hall–Kier alpha value is -3.64. The summed E-state index contributed by atoms with van der Waals surface area (Å²) in [6.45, 7) is 12.3. The van der Waals surface area contributed by atoms with Crippen LogP contribution in [0.15, 0.2) is 42.5 Å². The van der Waals surface area contributed by atoms with Crippen molar-refractivity contribution in [2.75, 3.05) is 6.54 Å². The molecule has 0 bridgehead atoms. The Morgan fingerprint density at radius 3 is 2.21 bits per heavy atom. The quantitative estimate of drug-likeness (QED) is 0.106. The Morgan fingerprint density at radius 2 is 1.68 bits per heavy atom. The van der Waals surface area contributed by atoms with E-state index in [0.29, 0.717) is 5.57 Å². The first-order chi connectivity index (χ1) is 21.8. The molecule has 1 aromatic rings. The van der Waals surface area contributed by atoms with Crippen LogP contribution < -0.4 is 21.7 Å². The molecular weight excluding hydrogens is 649 g/mol. The molecular formula is C33H43Cl2N5O7. The van der Waals surface area contributed by atoms with Crippen LogP contribution in [0.5, 0.6) is 0 Å². The Kier molecular flexibility index (Phi) is 10.7. The largest absolute Gasteiger partial charge is 0.456 e. The fourth-order valence-electron chi connectivity index (χ4n) is 6.02. The minimum Gasteiger partial charge on any atom is -0.456 e. The number of benzene rings is 1. The first kappa shape index (κ1) is 36.2. The molecule has 2 aliphatic carbocycles. The first-order valence-electron chi connectivity index (χ1n) is 15.6. The number of hydrogen-bond acceptors (Lipinski definition) is 7. The molecule has 3 fully saturated rings. The highest BCUT2D eigenvalue weighted by Crippen LogP contribution is 2.65. The maximum absolute atomic E-state index is 14.2. The predicted octanol–water partition coefficient (Wildman–Crippen LogP) is 2.92. The van der Waals surface area contributed by atoms with Crippen LogP contribution >= 0.6 is 23.2 Å². The first-order valence-corrected chi connectivity index (χ1v) is 16.4. The number of primary amides is 1. The lowest BCUT2D eigenvalue weighted by atomic mass is 9.85. The summed E-state index contributed by atoms with van der Waals surface area (Å²) in [5.41, 5.74) is 5.46. The molecule has 7 atom stereocenters. The number of nitrogens with two attached hydrogens (primary N) is 1. The van der Waals surface area contributed by atoms with Gasteiger partial charge in [0.1, 0.15) is 28.6 Å². The molecule has 1 aliphatic heterocycles. The molecule has 1 aromatic carbocycles. The van der Waals surface area contributed by atoms with E-state index >= 15 is 0 Å². The van der Waals surface area contributed by atoms with Crippen LogP contribution in [0.1, 0.15) is 65.5 Å². The maximum Gasteiger partial charge on any atom is 0.333 e. The van der Waals surface area contributed by atoms with E-state index in [4.69, 9.17) is 33.7 Å². The number of esters is 1. The number of carbonyl (C=O) groups excluding carboxylic acids is 6. The van der Waals surface area contributed by atoms with Gasteiger partial charge in [-0.05, 0) is 42.7 Å². The number of hydrogen-bond donors (Lipinski definition) is 4. The monoisotopic (exact) mass is 691 g/mol. The molecule has 1 heterocycles. The standard InChI is InChI=1S/C33H43Cl2N5O7/c1-16(2)23(30(45)47-17(3)19-10-8-7-9-11-19)38-31(46)39-26(32(4,5)6)29(44)40-15-20-22(33(20,34)35)24(40)28(43)37-21(14-18-12-13-18)25(41)27(36)42/h7-11,17-18,20-24,26H,1,12-15H2,2-6H3,(H2,36,42)(H,37,43)(H2,38,39,46)/t17-,20-,21?,22-,23-,24-,26+/m0/s1. The molecule has 3 aliphatic rings. The van der Waals surface area contributed by atoms with Crippen molar-refractivity contribution in [2.45, 2.75) is 88.5 Å². The number of carbonyl (C=O) groups is 6. The van der Waals surface area contributed by atoms with E-state index in [2.05, 4.69) is 22.5 Å². The van der Waals surface area contributed by atoms with E-state index in [0.717, 1.165) is 18.4 Å². The minimum atomic E-state index is -1.27. The summed E-state index contributed by atoms with van der Waals surface area (Å²) in [5.74, 6) is -4.99. The van der Waals surface area contributed by atoms with E-state index in [1.54, 1.807) is 34.6 Å². The highest BCUT2D eigenvalue weighted by Gasteiger charge is 2.74. The number of rotatable bonds is 13. The van der Waals surface area contributed by atoms with E-state index < -0.39 is 87.4 Å². The Morgan fingerprint density at radius 1 is 1.06 bits per heavy atom. The van der Waals surface area contributed by atoms with Crippen molar-refractivity contribution in [3.8, 4) is 0 Å². The van der Waals surface area contributed by atoms with Crippen LogP contribution in [0.2, 0.25) is 0 Å². The maximum atomic E-state index is 14.2. The van der Waals surface area contributed by atoms with Crippen LogP contribution in [0.3, 0.4) is 0 Å². The van der Waals surface area contributed by atoms with Crippen LogP contribution in [0, 0.1) is 23.2 Å². The third kappa shape index (κ3) is 8.27. The van der Waals surface area contributed by atoms with Crippen molar-refractivity contribution in [2.24, 2.45) is 28.9 Å². The number of Topliss-reactive ketones (excluding diaryl/α,β-unsaturated/α-hetero) is 1. The normalized spacial score (nSPS) is 23.6. The zero-order valence-electron chi connectivity index (χ0n) is 27.2. The second-order valence-corrected chi connectivity index (χ2v) is 15.3.